The summed E-state index contributed by atoms with van der Waals surface area (Å²) < 4.78 is 5.43. The molecular weight excluding hydrogens is 388 g/mol. The molecule has 150 valence electrons. The summed E-state index contributed by atoms with van der Waals surface area (Å²) in [6.45, 7) is 1.45. The number of anilines is 1. The Kier molecular flexibility index (Phi) is 4.56. The van der Waals surface area contributed by atoms with Crippen LogP contribution in [-0.2, 0) is 14.3 Å². The average Bonchev–Trinajstić information content (AvgIpc) is 3.14. The Balaban J connectivity index is 1.59. The second-order valence-electron chi connectivity index (χ2n) is 7.33. The van der Waals surface area contributed by atoms with Crippen LogP contribution in [0.25, 0.3) is 27.6 Å². The summed E-state index contributed by atoms with van der Waals surface area (Å²) in [6, 6.07) is 25.3. The maximum absolute atomic E-state index is 12.6. The van der Waals surface area contributed by atoms with Crippen molar-refractivity contribution in [3.8, 4) is 0 Å². The largest absolute Gasteiger partial charge is 0.402 e. The van der Waals surface area contributed by atoms with E-state index >= 15 is 0 Å². The molecular formula is C26H18N2O3. The number of cyclic esters (lactones) is 1. The second kappa shape index (κ2) is 7.54. The first-order valence-corrected chi connectivity index (χ1v) is 9.89. The number of hydrogen-bond donors (Lipinski definition) is 1. The van der Waals surface area contributed by atoms with Crippen molar-refractivity contribution in [2.75, 3.05) is 5.32 Å². The normalized spacial score (nSPS) is 14.7. The lowest BCUT2D eigenvalue weighted by molar-refractivity contribution is -0.129. The molecule has 0 spiro atoms. The number of nitrogens with one attached hydrogen (secondary N) is 1. The zero-order valence-electron chi connectivity index (χ0n) is 16.8. The minimum Gasteiger partial charge on any atom is -0.402 e. The molecule has 0 fully saturated rings. The number of nitrogens with zero attached hydrogens (tertiary/aromatic N) is 1. The van der Waals surface area contributed by atoms with E-state index in [2.05, 4.69) is 28.5 Å². The Morgan fingerprint density at radius 2 is 1.52 bits per heavy atom. The van der Waals surface area contributed by atoms with Gasteiger partial charge in [-0.2, -0.15) is 0 Å². The molecule has 4 aromatic carbocycles. The van der Waals surface area contributed by atoms with Crippen LogP contribution in [0.15, 0.2) is 89.6 Å². The predicted molar refractivity (Wildman–Crippen MR) is 123 cm³/mol. The van der Waals surface area contributed by atoms with Gasteiger partial charge in [0.25, 0.3) is 0 Å². The third kappa shape index (κ3) is 3.57. The third-order valence-corrected chi connectivity index (χ3v) is 5.17. The van der Waals surface area contributed by atoms with Crippen molar-refractivity contribution >= 4 is 51.1 Å². The summed E-state index contributed by atoms with van der Waals surface area (Å²) in [5.41, 5.74) is 2.52. The number of carbonyl (C=O) groups excluding carboxylic acids is 2. The Bertz CT molecular complexity index is 1360. The van der Waals surface area contributed by atoms with Crippen molar-refractivity contribution in [3.63, 3.8) is 0 Å². The molecule has 5 heteroatoms. The predicted octanol–water partition coefficient (Wildman–Crippen LogP) is 5.30. The molecule has 1 amide bonds. The van der Waals surface area contributed by atoms with Crippen LogP contribution in [0.5, 0.6) is 0 Å². The number of hydrogen-bond acceptors (Lipinski definition) is 4. The molecule has 5 rings (SSSR count). The minimum absolute atomic E-state index is 0.148. The van der Waals surface area contributed by atoms with Gasteiger partial charge in [0, 0.05) is 18.2 Å². The molecule has 1 aliphatic rings. The number of benzene rings is 4. The van der Waals surface area contributed by atoms with E-state index in [4.69, 9.17) is 4.74 Å². The Labute approximate surface area is 178 Å². The molecule has 1 N–H and O–H groups in total. The molecule has 0 aliphatic carbocycles. The molecule has 0 radical (unpaired) electrons. The first kappa shape index (κ1) is 18.8. The number of rotatable bonds is 3. The first-order chi connectivity index (χ1) is 15.1. The summed E-state index contributed by atoms with van der Waals surface area (Å²) >= 11 is 0. The summed E-state index contributed by atoms with van der Waals surface area (Å²) in [4.78, 5) is 28.2. The van der Waals surface area contributed by atoms with Gasteiger partial charge in [0.05, 0.1) is 0 Å². The fourth-order valence-corrected chi connectivity index (χ4v) is 3.77. The number of amides is 1. The quantitative estimate of drug-likeness (QED) is 0.285. The van der Waals surface area contributed by atoms with E-state index in [1.807, 2.05) is 36.4 Å². The highest BCUT2D eigenvalue weighted by Gasteiger charge is 2.24. The number of carbonyl (C=O) groups is 2. The summed E-state index contributed by atoms with van der Waals surface area (Å²) in [5.74, 6) is -0.391. The Morgan fingerprint density at radius 1 is 0.903 bits per heavy atom. The van der Waals surface area contributed by atoms with Crippen LogP contribution in [0.2, 0.25) is 0 Å². The fraction of sp³-hybridized carbons (Fsp3) is 0.0385. The van der Waals surface area contributed by atoms with Crippen molar-refractivity contribution < 1.29 is 14.3 Å². The van der Waals surface area contributed by atoms with Gasteiger partial charge in [-0.3, -0.25) is 4.79 Å². The van der Waals surface area contributed by atoms with Gasteiger partial charge >= 0.3 is 5.97 Å². The topological polar surface area (TPSA) is 67.8 Å². The molecule has 1 heterocycles. The first-order valence-electron chi connectivity index (χ1n) is 9.89. The van der Waals surface area contributed by atoms with E-state index in [-0.39, 0.29) is 17.5 Å². The smallest absolute Gasteiger partial charge is 0.363 e. The molecule has 4 aromatic rings. The van der Waals surface area contributed by atoms with Gasteiger partial charge < -0.3 is 10.1 Å². The Morgan fingerprint density at radius 3 is 2.13 bits per heavy atom. The highest BCUT2D eigenvalue weighted by atomic mass is 16.6. The van der Waals surface area contributed by atoms with E-state index in [0.29, 0.717) is 11.3 Å². The average molecular weight is 406 g/mol. The van der Waals surface area contributed by atoms with E-state index in [9.17, 15) is 9.59 Å². The van der Waals surface area contributed by atoms with Gasteiger partial charge in [0.15, 0.2) is 5.70 Å². The van der Waals surface area contributed by atoms with Crippen molar-refractivity contribution in [1.29, 1.82) is 0 Å². The SMILES string of the molecule is CC(=O)Nc1ccc(C2=N/C(=C\c3c4ccccc4cc4ccccc34)C(=O)O2)cc1. The number of ether oxygens (including phenoxy) is 1. The van der Waals surface area contributed by atoms with Crippen LogP contribution in [-0.4, -0.2) is 17.8 Å². The van der Waals surface area contributed by atoms with E-state index in [1.54, 1.807) is 30.3 Å². The Hall–Kier alpha value is -4.25. The van der Waals surface area contributed by atoms with Gasteiger partial charge in [-0.1, -0.05) is 48.5 Å². The van der Waals surface area contributed by atoms with Crippen LogP contribution in [0, 0.1) is 0 Å². The van der Waals surface area contributed by atoms with Crippen molar-refractivity contribution in [1.82, 2.24) is 0 Å². The molecule has 1 aliphatic heterocycles. The number of fused-ring (bicyclic) bond motifs is 2. The highest BCUT2D eigenvalue weighted by molar-refractivity contribution is 6.15. The number of esters is 1. The summed E-state index contributed by atoms with van der Waals surface area (Å²) in [7, 11) is 0. The number of aliphatic imine (C=N–C) groups is 1. The zero-order valence-corrected chi connectivity index (χ0v) is 16.8. The second-order valence-corrected chi connectivity index (χ2v) is 7.33. The molecule has 0 atom stereocenters. The van der Waals surface area contributed by atoms with Crippen molar-refractivity contribution in [2.24, 2.45) is 4.99 Å². The van der Waals surface area contributed by atoms with Gasteiger partial charge in [-0.05, 0) is 63.5 Å². The lowest BCUT2D eigenvalue weighted by Crippen LogP contribution is -2.07. The summed E-state index contributed by atoms with van der Waals surface area (Å²) in [6.07, 6.45) is 1.80. The molecule has 0 saturated carbocycles. The van der Waals surface area contributed by atoms with Crippen LogP contribution >= 0.6 is 0 Å². The molecule has 5 nitrogen and oxygen atoms in total. The lowest BCUT2D eigenvalue weighted by Gasteiger charge is -2.08. The van der Waals surface area contributed by atoms with Crippen LogP contribution in [0.4, 0.5) is 5.69 Å². The lowest BCUT2D eigenvalue weighted by atomic mass is 9.96. The fourth-order valence-electron chi connectivity index (χ4n) is 3.77. The third-order valence-electron chi connectivity index (χ3n) is 5.17. The van der Waals surface area contributed by atoms with Gasteiger partial charge in [-0.15, -0.1) is 0 Å². The molecule has 0 aromatic heterocycles. The molecule has 0 saturated heterocycles. The molecule has 0 bridgehead atoms. The van der Waals surface area contributed by atoms with Crippen LogP contribution in [0.1, 0.15) is 18.1 Å². The standard InChI is InChI=1S/C26H18N2O3/c1-16(29)27-20-12-10-17(11-13-20)25-28-24(26(30)31-25)15-23-21-8-4-2-6-18(21)14-19-7-3-5-9-22(19)23/h2-15H,1H3,(H,27,29)/b24-15-. The zero-order chi connectivity index (χ0) is 21.4. The van der Waals surface area contributed by atoms with Gasteiger partial charge in [0.2, 0.25) is 11.8 Å². The highest BCUT2D eigenvalue weighted by Crippen LogP contribution is 2.31. The summed E-state index contributed by atoms with van der Waals surface area (Å²) in [5, 5.41) is 6.99. The van der Waals surface area contributed by atoms with Gasteiger partial charge in [-0.25, -0.2) is 9.79 Å². The molecule has 31 heavy (non-hydrogen) atoms. The van der Waals surface area contributed by atoms with E-state index in [1.165, 1.54) is 6.92 Å². The van der Waals surface area contributed by atoms with Crippen LogP contribution in [0.3, 0.4) is 0 Å². The maximum atomic E-state index is 12.6. The molecule has 0 unspecified atom stereocenters. The van der Waals surface area contributed by atoms with E-state index < -0.39 is 5.97 Å². The van der Waals surface area contributed by atoms with Crippen molar-refractivity contribution in [3.05, 3.63) is 95.7 Å². The van der Waals surface area contributed by atoms with Gasteiger partial charge in [0.1, 0.15) is 0 Å². The van der Waals surface area contributed by atoms with E-state index in [0.717, 1.165) is 27.1 Å². The minimum atomic E-state index is -0.488. The monoisotopic (exact) mass is 406 g/mol. The maximum Gasteiger partial charge on any atom is 0.363 e. The van der Waals surface area contributed by atoms with Crippen molar-refractivity contribution in [2.45, 2.75) is 6.92 Å². The van der Waals surface area contributed by atoms with Crippen LogP contribution < -0.4 is 5.32 Å².